The minimum Gasteiger partial charge on any atom is -0.496 e. The molecule has 1 N–H and O–H groups in total. The number of aryl methyl sites for hydroxylation is 1. The Hall–Kier alpha value is -3.87. The summed E-state index contributed by atoms with van der Waals surface area (Å²) in [5.41, 5.74) is 5.54. The largest absolute Gasteiger partial charge is 0.496 e. The van der Waals surface area contributed by atoms with E-state index in [1.165, 1.54) is 6.26 Å². The number of para-hydroxylation sites is 1. The Labute approximate surface area is 166 Å². The summed E-state index contributed by atoms with van der Waals surface area (Å²) in [6, 6.07) is 16.9. The van der Waals surface area contributed by atoms with Gasteiger partial charge in [-0.15, -0.1) is 0 Å². The molecule has 1 unspecified atom stereocenters. The predicted molar refractivity (Wildman–Crippen MR) is 107 cm³/mol. The van der Waals surface area contributed by atoms with Crippen LogP contribution in [-0.4, -0.2) is 28.4 Å². The number of ether oxygens (including phenoxy) is 1. The van der Waals surface area contributed by atoms with Crippen LogP contribution < -0.4 is 9.64 Å². The Balaban J connectivity index is 1.64. The van der Waals surface area contributed by atoms with Crippen LogP contribution in [0.25, 0.3) is 11.3 Å². The highest BCUT2D eigenvalue weighted by Crippen LogP contribution is 2.45. The number of fused-ring (bicyclic) bond motifs is 1. The van der Waals surface area contributed by atoms with Crippen LogP contribution in [0.15, 0.2) is 65.4 Å². The molecule has 0 bridgehead atoms. The van der Waals surface area contributed by atoms with Crippen molar-refractivity contribution in [3.63, 3.8) is 0 Å². The summed E-state index contributed by atoms with van der Waals surface area (Å²) < 4.78 is 10.5. The molecule has 7 heteroatoms. The second-order valence-electron chi connectivity index (χ2n) is 6.85. The second-order valence-corrected chi connectivity index (χ2v) is 6.85. The van der Waals surface area contributed by atoms with Crippen LogP contribution >= 0.6 is 0 Å². The highest BCUT2D eigenvalue weighted by atomic mass is 16.5. The number of methoxy groups -OCH3 is 1. The fraction of sp³-hybridized carbons (Fsp3) is 0.136. The molecule has 1 aliphatic heterocycles. The van der Waals surface area contributed by atoms with Crippen LogP contribution in [0.4, 0.5) is 5.69 Å². The molecule has 0 saturated carbocycles. The first-order valence-electron chi connectivity index (χ1n) is 9.21. The fourth-order valence-corrected chi connectivity index (χ4v) is 3.91. The summed E-state index contributed by atoms with van der Waals surface area (Å²) in [6.07, 6.45) is 1.53. The van der Waals surface area contributed by atoms with Gasteiger partial charge in [0.05, 0.1) is 18.8 Å². The van der Waals surface area contributed by atoms with E-state index < -0.39 is 0 Å². The number of H-pyrrole nitrogens is 1. The molecular formula is C22H18N4O3. The van der Waals surface area contributed by atoms with E-state index in [-0.39, 0.29) is 11.9 Å². The molecule has 0 fully saturated rings. The number of aromatic amines is 1. The Morgan fingerprint density at radius 1 is 1.10 bits per heavy atom. The molecule has 0 aliphatic carbocycles. The van der Waals surface area contributed by atoms with E-state index >= 15 is 0 Å². The van der Waals surface area contributed by atoms with Crippen LogP contribution in [0.5, 0.6) is 5.75 Å². The number of aromatic nitrogens is 3. The molecular weight excluding hydrogens is 368 g/mol. The van der Waals surface area contributed by atoms with Gasteiger partial charge in [-0.3, -0.25) is 14.8 Å². The quantitative estimate of drug-likeness (QED) is 0.570. The van der Waals surface area contributed by atoms with E-state index in [1.807, 2.05) is 55.5 Å². The zero-order valence-corrected chi connectivity index (χ0v) is 15.9. The molecule has 0 spiro atoms. The van der Waals surface area contributed by atoms with Crippen molar-refractivity contribution in [1.29, 1.82) is 0 Å². The lowest BCUT2D eigenvalue weighted by Crippen LogP contribution is -2.29. The van der Waals surface area contributed by atoms with Crippen molar-refractivity contribution in [1.82, 2.24) is 15.4 Å². The summed E-state index contributed by atoms with van der Waals surface area (Å²) >= 11 is 0. The maximum absolute atomic E-state index is 13.3. The molecule has 1 aliphatic rings. The summed E-state index contributed by atoms with van der Waals surface area (Å²) in [5, 5.41) is 11.1. The topological polar surface area (TPSA) is 84.2 Å². The van der Waals surface area contributed by atoms with Crippen molar-refractivity contribution in [3.05, 3.63) is 83.4 Å². The van der Waals surface area contributed by atoms with E-state index in [9.17, 15) is 4.79 Å². The number of anilines is 1. The molecule has 2 aromatic heterocycles. The van der Waals surface area contributed by atoms with Gasteiger partial charge in [-0.1, -0.05) is 35.5 Å². The average Bonchev–Trinajstić information content (AvgIpc) is 3.47. The number of benzene rings is 2. The SMILES string of the molecule is COc1ccccc1C1c2c(C)n[nH]c2C(=O)N1c1ccc(-c2ccon2)cc1. The molecule has 1 atom stereocenters. The first kappa shape index (κ1) is 17.2. The van der Waals surface area contributed by atoms with Crippen molar-refractivity contribution >= 4 is 11.6 Å². The van der Waals surface area contributed by atoms with Crippen LogP contribution in [-0.2, 0) is 0 Å². The van der Waals surface area contributed by atoms with Gasteiger partial charge in [-0.2, -0.15) is 5.10 Å². The summed E-state index contributed by atoms with van der Waals surface area (Å²) in [7, 11) is 1.63. The van der Waals surface area contributed by atoms with E-state index in [2.05, 4.69) is 15.4 Å². The number of hydrogen-bond donors (Lipinski definition) is 1. The Kier molecular flexibility index (Phi) is 3.94. The van der Waals surface area contributed by atoms with Crippen LogP contribution in [0, 0.1) is 6.92 Å². The van der Waals surface area contributed by atoms with Crippen LogP contribution in [0.2, 0.25) is 0 Å². The lowest BCUT2D eigenvalue weighted by Gasteiger charge is -2.27. The molecule has 29 heavy (non-hydrogen) atoms. The molecule has 5 rings (SSSR count). The number of nitrogens with one attached hydrogen (secondary N) is 1. The summed E-state index contributed by atoms with van der Waals surface area (Å²) in [5.74, 6) is 0.605. The third-order valence-corrected chi connectivity index (χ3v) is 5.27. The highest BCUT2D eigenvalue weighted by molar-refractivity contribution is 6.10. The molecule has 3 heterocycles. The first-order valence-corrected chi connectivity index (χ1v) is 9.21. The number of carbonyl (C=O) groups is 1. The maximum atomic E-state index is 13.3. The predicted octanol–water partition coefficient (Wildman–Crippen LogP) is 4.13. The monoisotopic (exact) mass is 386 g/mol. The smallest absolute Gasteiger partial charge is 0.277 e. The molecule has 7 nitrogen and oxygen atoms in total. The minimum atomic E-state index is -0.328. The van der Waals surface area contributed by atoms with Crippen molar-refractivity contribution in [2.45, 2.75) is 13.0 Å². The van der Waals surface area contributed by atoms with Gasteiger partial charge >= 0.3 is 0 Å². The highest BCUT2D eigenvalue weighted by Gasteiger charge is 2.43. The first-order chi connectivity index (χ1) is 14.2. The second kappa shape index (κ2) is 6.63. The third kappa shape index (κ3) is 2.62. The molecule has 1 amide bonds. The zero-order chi connectivity index (χ0) is 20.0. The van der Waals surface area contributed by atoms with Gasteiger partial charge in [0.1, 0.15) is 23.4 Å². The van der Waals surface area contributed by atoms with Gasteiger partial charge in [-0.25, -0.2) is 0 Å². The Morgan fingerprint density at radius 2 is 1.90 bits per heavy atom. The van der Waals surface area contributed by atoms with Crippen molar-refractivity contribution in [2.24, 2.45) is 0 Å². The molecule has 144 valence electrons. The van der Waals surface area contributed by atoms with Crippen LogP contribution in [0.1, 0.15) is 33.4 Å². The summed E-state index contributed by atoms with van der Waals surface area (Å²) in [4.78, 5) is 15.1. The number of carbonyl (C=O) groups excluding carboxylic acids is 1. The molecule has 0 radical (unpaired) electrons. The van der Waals surface area contributed by atoms with Gasteiger partial charge in [-0.05, 0) is 25.1 Å². The van der Waals surface area contributed by atoms with Gasteiger partial charge in [0, 0.05) is 28.4 Å². The lowest BCUT2D eigenvalue weighted by molar-refractivity contribution is 0.0988. The number of rotatable bonds is 4. The molecule has 2 aromatic carbocycles. The average molecular weight is 386 g/mol. The van der Waals surface area contributed by atoms with Gasteiger partial charge < -0.3 is 9.26 Å². The van der Waals surface area contributed by atoms with Crippen molar-refractivity contribution < 1.29 is 14.1 Å². The third-order valence-electron chi connectivity index (χ3n) is 5.27. The van der Waals surface area contributed by atoms with E-state index in [4.69, 9.17) is 9.26 Å². The van der Waals surface area contributed by atoms with Crippen molar-refractivity contribution in [2.75, 3.05) is 12.0 Å². The summed E-state index contributed by atoms with van der Waals surface area (Å²) in [6.45, 7) is 1.90. The standard InChI is InChI=1S/C22H18N4O3/c1-13-19-20(24-23-13)22(27)26(21(19)16-5-3-4-6-18(16)28-2)15-9-7-14(8-10-15)17-11-12-29-25-17/h3-12,21H,1-2H3,(H,23,24). The van der Waals surface area contributed by atoms with E-state index in [1.54, 1.807) is 18.1 Å². The van der Waals surface area contributed by atoms with E-state index in [0.29, 0.717) is 5.69 Å². The van der Waals surface area contributed by atoms with Crippen LogP contribution in [0.3, 0.4) is 0 Å². The maximum Gasteiger partial charge on any atom is 0.277 e. The Morgan fingerprint density at radius 3 is 2.62 bits per heavy atom. The Bertz CT molecular complexity index is 1180. The van der Waals surface area contributed by atoms with E-state index in [0.717, 1.165) is 39.5 Å². The fourth-order valence-electron chi connectivity index (χ4n) is 3.91. The van der Waals surface area contributed by atoms with Gasteiger partial charge in [0.25, 0.3) is 5.91 Å². The van der Waals surface area contributed by atoms with Gasteiger partial charge in [0.15, 0.2) is 0 Å². The number of nitrogens with zero attached hydrogens (tertiary/aromatic N) is 3. The van der Waals surface area contributed by atoms with Crippen molar-refractivity contribution in [3.8, 4) is 17.0 Å². The minimum absolute atomic E-state index is 0.120. The zero-order valence-electron chi connectivity index (χ0n) is 15.9. The van der Waals surface area contributed by atoms with Gasteiger partial charge in [0.2, 0.25) is 0 Å². The normalized spacial score (nSPS) is 15.6. The lowest BCUT2D eigenvalue weighted by atomic mass is 9.98. The molecule has 4 aromatic rings. The number of amides is 1. The number of hydrogen-bond acceptors (Lipinski definition) is 5. The molecule has 0 saturated heterocycles.